The van der Waals surface area contributed by atoms with Gasteiger partial charge in [-0.1, -0.05) is 0 Å². The number of carboxylic acid groups (broad SMARTS) is 1. The van der Waals surface area contributed by atoms with E-state index in [-0.39, 0.29) is 17.8 Å². The third kappa shape index (κ3) is 2.83. The fourth-order valence-electron chi connectivity index (χ4n) is 2.24. The van der Waals surface area contributed by atoms with E-state index in [4.69, 9.17) is 10.8 Å². The highest BCUT2D eigenvalue weighted by Gasteiger charge is 2.29. The van der Waals surface area contributed by atoms with Crippen molar-refractivity contribution in [3.63, 3.8) is 0 Å². The molecule has 1 aliphatic rings. The van der Waals surface area contributed by atoms with Gasteiger partial charge in [0.25, 0.3) is 5.91 Å². The molecule has 1 aliphatic heterocycles. The Balaban J connectivity index is 2.17. The van der Waals surface area contributed by atoms with Gasteiger partial charge in [-0.25, -0.2) is 4.39 Å². The summed E-state index contributed by atoms with van der Waals surface area (Å²) in [6.45, 7) is 0.574. The molecule has 0 saturated carbocycles. The van der Waals surface area contributed by atoms with Gasteiger partial charge in [-0.2, -0.15) is 0 Å². The molecular weight excluding hydrogens is 251 g/mol. The van der Waals surface area contributed by atoms with Crippen molar-refractivity contribution in [2.45, 2.75) is 12.8 Å². The van der Waals surface area contributed by atoms with Gasteiger partial charge < -0.3 is 15.7 Å². The van der Waals surface area contributed by atoms with Crippen molar-refractivity contribution < 1.29 is 19.1 Å². The number of carboxylic acids is 1. The number of nitrogens with zero attached hydrogens (tertiary/aromatic N) is 1. The molecule has 0 unspecified atom stereocenters. The summed E-state index contributed by atoms with van der Waals surface area (Å²) in [5, 5.41) is 8.97. The molecule has 0 aliphatic carbocycles. The third-order valence-electron chi connectivity index (χ3n) is 3.28. The van der Waals surface area contributed by atoms with Crippen LogP contribution in [0.1, 0.15) is 23.2 Å². The second-order valence-corrected chi connectivity index (χ2v) is 4.67. The number of likely N-dealkylation sites (tertiary alicyclic amines) is 1. The number of hydrogen-bond acceptors (Lipinski definition) is 3. The van der Waals surface area contributed by atoms with E-state index in [2.05, 4.69) is 0 Å². The maximum Gasteiger partial charge on any atom is 0.308 e. The number of halogens is 1. The van der Waals surface area contributed by atoms with Crippen molar-refractivity contribution in [1.29, 1.82) is 0 Å². The topological polar surface area (TPSA) is 83.6 Å². The van der Waals surface area contributed by atoms with Crippen LogP contribution in [0.15, 0.2) is 18.2 Å². The van der Waals surface area contributed by atoms with Crippen LogP contribution in [0.4, 0.5) is 10.1 Å². The van der Waals surface area contributed by atoms with Gasteiger partial charge >= 0.3 is 5.97 Å². The Hall–Kier alpha value is -2.11. The summed E-state index contributed by atoms with van der Waals surface area (Å²) in [6, 6.07) is 3.87. The first-order chi connectivity index (χ1) is 8.99. The molecule has 1 amide bonds. The number of amides is 1. The van der Waals surface area contributed by atoms with E-state index in [1.165, 1.54) is 17.0 Å². The van der Waals surface area contributed by atoms with Crippen molar-refractivity contribution in [2.75, 3.05) is 18.8 Å². The molecule has 1 aromatic carbocycles. The number of aliphatic carboxylic acids is 1. The Morgan fingerprint density at radius 1 is 1.42 bits per heavy atom. The molecule has 1 saturated heterocycles. The Kier molecular flexibility index (Phi) is 3.69. The normalized spacial score (nSPS) is 19.2. The lowest BCUT2D eigenvalue weighted by Gasteiger charge is -2.30. The highest BCUT2D eigenvalue weighted by molar-refractivity contribution is 5.95. The summed E-state index contributed by atoms with van der Waals surface area (Å²) in [7, 11) is 0. The lowest BCUT2D eigenvalue weighted by Crippen LogP contribution is -2.42. The lowest BCUT2D eigenvalue weighted by molar-refractivity contribution is -0.143. The van der Waals surface area contributed by atoms with Crippen molar-refractivity contribution in [2.24, 2.45) is 5.92 Å². The smallest absolute Gasteiger partial charge is 0.308 e. The highest BCUT2D eigenvalue weighted by atomic mass is 19.1. The van der Waals surface area contributed by atoms with Crippen LogP contribution in [0.2, 0.25) is 0 Å². The molecule has 5 nitrogen and oxygen atoms in total. The second kappa shape index (κ2) is 5.26. The molecule has 1 aromatic rings. The van der Waals surface area contributed by atoms with Gasteiger partial charge in [0.2, 0.25) is 0 Å². The predicted octanol–water partition coefficient (Wildman–Crippen LogP) is 1.34. The molecule has 102 valence electrons. The van der Waals surface area contributed by atoms with E-state index in [1.807, 2.05) is 0 Å². The van der Waals surface area contributed by atoms with Crippen LogP contribution in [0.3, 0.4) is 0 Å². The summed E-state index contributed by atoms with van der Waals surface area (Å²) >= 11 is 0. The number of anilines is 1. The maximum atomic E-state index is 13.7. The molecule has 1 fully saturated rings. The van der Waals surface area contributed by atoms with Crippen LogP contribution in [0.25, 0.3) is 0 Å². The molecule has 1 atom stereocenters. The molecule has 1 heterocycles. The molecule has 19 heavy (non-hydrogen) atoms. The van der Waals surface area contributed by atoms with Crippen molar-refractivity contribution in [3.8, 4) is 0 Å². The fraction of sp³-hybridized carbons (Fsp3) is 0.385. The zero-order valence-corrected chi connectivity index (χ0v) is 10.3. The number of benzene rings is 1. The summed E-state index contributed by atoms with van der Waals surface area (Å²) in [5.41, 5.74) is 5.60. The summed E-state index contributed by atoms with van der Waals surface area (Å²) in [4.78, 5) is 24.5. The Morgan fingerprint density at radius 3 is 2.79 bits per heavy atom. The van der Waals surface area contributed by atoms with Crippen LogP contribution in [0, 0.1) is 11.7 Å². The van der Waals surface area contributed by atoms with E-state index >= 15 is 0 Å². The van der Waals surface area contributed by atoms with Gasteiger partial charge in [0.05, 0.1) is 11.5 Å². The number of hydrogen-bond donors (Lipinski definition) is 2. The molecule has 0 radical (unpaired) electrons. The first kappa shape index (κ1) is 13.3. The highest BCUT2D eigenvalue weighted by Crippen LogP contribution is 2.20. The van der Waals surface area contributed by atoms with Gasteiger partial charge in [-0.3, -0.25) is 9.59 Å². The minimum absolute atomic E-state index is 0.0692. The summed E-state index contributed by atoms with van der Waals surface area (Å²) < 4.78 is 13.7. The Labute approximate surface area is 109 Å². The first-order valence-electron chi connectivity index (χ1n) is 6.06. The summed E-state index contributed by atoms with van der Waals surface area (Å²) in [6.07, 6.45) is 1.16. The van der Waals surface area contributed by atoms with Gasteiger partial charge in [-0.15, -0.1) is 0 Å². The molecule has 0 bridgehead atoms. The number of nitrogen functional groups attached to an aromatic ring is 1. The minimum Gasteiger partial charge on any atom is -0.481 e. The van der Waals surface area contributed by atoms with Gasteiger partial charge in [0.1, 0.15) is 5.82 Å². The van der Waals surface area contributed by atoms with Gasteiger partial charge in [-0.05, 0) is 31.0 Å². The second-order valence-electron chi connectivity index (χ2n) is 4.67. The quantitative estimate of drug-likeness (QED) is 0.791. The molecule has 6 heteroatoms. The van der Waals surface area contributed by atoms with E-state index in [0.717, 1.165) is 6.07 Å². The van der Waals surface area contributed by atoms with E-state index < -0.39 is 23.6 Å². The average molecular weight is 266 g/mol. The van der Waals surface area contributed by atoms with Crippen molar-refractivity contribution in [3.05, 3.63) is 29.6 Å². The van der Waals surface area contributed by atoms with Crippen LogP contribution < -0.4 is 5.73 Å². The van der Waals surface area contributed by atoms with Crippen LogP contribution >= 0.6 is 0 Å². The minimum atomic E-state index is -0.921. The van der Waals surface area contributed by atoms with E-state index in [0.29, 0.717) is 19.4 Å². The molecular formula is C13H15FN2O3. The predicted molar refractivity (Wildman–Crippen MR) is 67.1 cm³/mol. The number of rotatable bonds is 2. The zero-order valence-electron chi connectivity index (χ0n) is 10.3. The lowest BCUT2D eigenvalue weighted by atomic mass is 9.97. The van der Waals surface area contributed by atoms with Gasteiger partial charge in [0.15, 0.2) is 0 Å². The number of carbonyl (C=O) groups excluding carboxylic acids is 1. The molecule has 0 spiro atoms. The van der Waals surface area contributed by atoms with Crippen LogP contribution in [-0.2, 0) is 4.79 Å². The molecule has 2 rings (SSSR count). The standard InChI is InChI=1S/C13H15FN2O3/c14-11-6-9(15)3-4-10(11)12(17)16-5-1-2-8(7-16)13(18)19/h3-4,6,8H,1-2,5,7,15H2,(H,18,19)/t8-/m0/s1. The molecule has 3 N–H and O–H groups in total. The Bertz CT molecular complexity index is 519. The van der Waals surface area contributed by atoms with Crippen LogP contribution in [0.5, 0.6) is 0 Å². The number of piperidine rings is 1. The average Bonchev–Trinajstić information content (AvgIpc) is 2.38. The van der Waals surface area contributed by atoms with Crippen LogP contribution in [-0.4, -0.2) is 35.0 Å². The zero-order chi connectivity index (χ0) is 14.0. The number of nitrogens with two attached hydrogens (primary N) is 1. The molecule has 0 aromatic heterocycles. The first-order valence-corrected chi connectivity index (χ1v) is 6.06. The maximum absolute atomic E-state index is 13.7. The SMILES string of the molecule is Nc1ccc(C(=O)N2CCC[C@H](C(=O)O)C2)c(F)c1. The van der Waals surface area contributed by atoms with Gasteiger partial charge in [0, 0.05) is 18.8 Å². The van der Waals surface area contributed by atoms with E-state index in [9.17, 15) is 14.0 Å². The third-order valence-corrected chi connectivity index (χ3v) is 3.28. The Morgan fingerprint density at radius 2 is 2.16 bits per heavy atom. The van der Waals surface area contributed by atoms with E-state index in [1.54, 1.807) is 0 Å². The van der Waals surface area contributed by atoms with Crippen molar-refractivity contribution >= 4 is 17.6 Å². The monoisotopic (exact) mass is 266 g/mol. The van der Waals surface area contributed by atoms with Crippen molar-refractivity contribution in [1.82, 2.24) is 4.90 Å². The largest absolute Gasteiger partial charge is 0.481 e. The summed E-state index contributed by atoms with van der Waals surface area (Å²) in [5.74, 6) is -2.66. The number of carbonyl (C=O) groups is 2. The fourth-order valence-corrected chi connectivity index (χ4v) is 2.24.